The molecule has 134 valence electrons. The fourth-order valence-electron chi connectivity index (χ4n) is 3.21. The molecule has 2 amide bonds. The first-order valence-electron chi connectivity index (χ1n) is 8.36. The molecule has 1 aliphatic carbocycles. The minimum atomic E-state index is -0.991. The van der Waals surface area contributed by atoms with Crippen LogP contribution in [0.4, 0.5) is 8.78 Å². The Bertz CT molecular complexity index is 661. The van der Waals surface area contributed by atoms with Crippen LogP contribution in [0, 0.1) is 29.0 Å². The van der Waals surface area contributed by atoms with Crippen molar-refractivity contribution < 1.29 is 18.4 Å². The molecule has 1 fully saturated rings. The molecule has 1 aromatic rings. The van der Waals surface area contributed by atoms with Crippen molar-refractivity contribution in [3.8, 4) is 6.19 Å². The van der Waals surface area contributed by atoms with Crippen molar-refractivity contribution in [1.82, 2.24) is 10.2 Å². The van der Waals surface area contributed by atoms with Gasteiger partial charge in [0.1, 0.15) is 23.2 Å². The van der Waals surface area contributed by atoms with Crippen LogP contribution in [0.2, 0.25) is 0 Å². The fourth-order valence-corrected chi connectivity index (χ4v) is 3.21. The largest absolute Gasteiger partial charge is 0.340 e. The molecular weight excluding hydrogens is 328 g/mol. The third-order valence-electron chi connectivity index (χ3n) is 4.57. The minimum Gasteiger partial charge on any atom is -0.340 e. The smallest absolute Gasteiger partial charge is 0.257 e. The van der Waals surface area contributed by atoms with Crippen LogP contribution < -0.4 is 5.32 Å². The number of nitrogens with one attached hydrogen (secondary N) is 1. The lowest BCUT2D eigenvalue weighted by atomic mass is 9.84. The first kappa shape index (κ1) is 18.8. The lowest BCUT2D eigenvalue weighted by Gasteiger charge is -2.27. The van der Waals surface area contributed by atoms with Crippen molar-refractivity contribution in [3.63, 3.8) is 0 Å². The minimum absolute atomic E-state index is 0.237. The summed E-state index contributed by atoms with van der Waals surface area (Å²) < 4.78 is 27.6. The number of carbonyl (C=O) groups is 2. The molecule has 0 saturated heterocycles. The molecule has 25 heavy (non-hydrogen) atoms. The third-order valence-corrected chi connectivity index (χ3v) is 4.57. The zero-order valence-corrected chi connectivity index (χ0v) is 14.1. The van der Waals surface area contributed by atoms with E-state index in [2.05, 4.69) is 5.32 Å². The van der Waals surface area contributed by atoms with Gasteiger partial charge in [-0.2, -0.15) is 5.26 Å². The molecule has 1 unspecified atom stereocenters. The lowest BCUT2D eigenvalue weighted by Crippen LogP contribution is -2.47. The number of halogens is 2. The SMILES string of the molecule is CN(C#N)C(=O)C(CC1CCCCC1)NC(=O)c1c(F)cccc1F. The van der Waals surface area contributed by atoms with Gasteiger partial charge in [-0.3, -0.25) is 14.5 Å². The van der Waals surface area contributed by atoms with E-state index in [9.17, 15) is 18.4 Å². The van der Waals surface area contributed by atoms with Crippen LogP contribution in [-0.4, -0.2) is 29.8 Å². The summed E-state index contributed by atoms with van der Waals surface area (Å²) in [6.07, 6.45) is 7.17. The van der Waals surface area contributed by atoms with Crippen LogP contribution in [0.25, 0.3) is 0 Å². The fraction of sp³-hybridized carbons (Fsp3) is 0.500. The first-order chi connectivity index (χ1) is 11.9. The van der Waals surface area contributed by atoms with Gasteiger partial charge in [0.05, 0.1) is 0 Å². The number of nitrogens with zero attached hydrogens (tertiary/aromatic N) is 2. The maximum Gasteiger partial charge on any atom is 0.257 e. The summed E-state index contributed by atoms with van der Waals surface area (Å²) in [5, 5.41) is 11.3. The van der Waals surface area contributed by atoms with Gasteiger partial charge in [0.15, 0.2) is 6.19 Å². The molecule has 0 radical (unpaired) electrons. The van der Waals surface area contributed by atoms with E-state index < -0.39 is 35.1 Å². The molecule has 5 nitrogen and oxygen atoms in total. The van der Waals surface area contributed by atoms with E-state index in [1.54, 1.807) is 6.19 Å². The van der Waals surface area contributed by atoms with Crippen molar-refractivity contribution in [1.29, 1.82) is 5.26 Å². The summed E-state index contributed by atoms with van der Waals surface area (Å²) in [4.78, 5) is 25.5. The highest BCUT2D eigenvalue weighted by Gasteiger charge is 2.30. The first-order valence-corrected chi connectivity index (χ1v) is 8.36. The molecule has 7 heteroatoms. The quantitative estimate of drug-likeness (QED) is 0.656. The van der Waals surface area contributed by atoms with Crippen LogP contribution in [0.15, 0.2) is 18.2 Å². The number of amides is 2. The van der Waals surface area contributed by atoms with Gasteiger partial charge in [-0.15, -0.1) is 0 Å². The van der Waals surface area contributed by atoms with Gasteiger partial charge in [-0.1, -0.05) is 38.2 Å². The molecule has 1 saturated carbocycles. The number of benzene rings is 1. The van der Waals surface area contributed by atoms with E-state index in [1.165, 1.54) is 7.05 Å². The predicted octanol–water partition coefficient (Wildman–Crippen LogP) is 2.97. The van der Waals surface area contributed by atoms with Gasteiger partial charge in [0.2, 0.25) is 0 Å². The zero-order valence-electron chi connectivity index (χ0n) is 14.1. The maximum absolute atomic E-state index is 13.8. The van der Waals surface area contributed by atoms with Crippen molar-refractivity contribution in [3.05, 3.63) is 35.4 Å². The molecular formula is C18H21F2N3O2. The Hall–Kier alpha value is -2.49. The summed E-state index contributed by atoms with van der Waals surface area (Å²) >= 11 is 0. The molecule has 0 aromatic heterocycles. The Morgan fingerprint density at radius 1 is 1.28 bits per heavy atom. The van der Waals surface area contributed by atoms with Crippen molar-refractivity contribution in [2.24, 2.45) is 5.92 Å². The molecule has 0 heterocycles. The van der Waals surface area contributed by atoms with Gasteiger partial charge in [0.25, 0.3) is 11.8 Å². The van der Waals surface area contributed by atoms with Gasteiger partial charge < -0.3 is 5.32 Å². The molecule has 1 N–H and O–H groups in total. The molecule has 0 aliphatic heterocycles. The normalized spacial score (nSPS) is 15.9. The van der Waals surface area contributed by atoms with E-state index >= 15 is 0 Å². The second-order valence-corrected chi connectivity index (χ2v) is 6.36. The summed E-state index contributed by atoms with van der Waals surface area (Å²) in [5.41, 5.74) is -0.719. The maximum atomic E-state index is 13.8. The second-order valence-electron chi connectivity index (χ2n) is 6.36. The molecule has 2 rings (SSSR count). The van der Waals surface area contributed by atoms with E-state index in [0.29, 0.717) is 6.42 Å². The van der Waals surface area contributed by atoms with Gasteiger partial charge in [-0.25, -0.2) is 8.78 Å². The predicted molar refractivity (Wildman–Crippen MR) is 87.2 cm³/mol. The van der Waals surface area contributed by atoms with Crippen LogP contribution in [0.1, 0.15) is 48.9 Å². The van der Waals surface area contributed by atoms with Crippen LogP contribution in [0.5, 0.6) is 0 Å². The van der Waals surface area contributed by atoms with E-state index in [-0.39, 0.29) is 5.92 Å². The number of likely N-dealkylation sites (N-methyl/N-ethyl adjacent to an activating group) is 1. The highest BCUT2D eigenvalue weighted by atomic mass is 19.1. The molecule has 1 atom stereocenters. The highest BCUT2D eigenvalue weighted by molar-refractivity contribution is 5.98. The Kier molecular flexibility index (Phi) is 6.45. The highest BCUT2D eigenvalue weighted by Crippen LogP contribution is 2.28. The third kappa shape index (κ3) is 4.75. The van der Waals surface area contributed by atoms with E-state index in [1.807, 2.05) is 0 Å². The topological polar surface area (TPSA) is 73.2 Å². The van der Waals surface area contributed by atoms with Gasteiger partial charge >= 0.3 is 0 Å². The van der Waals surface area contributed by atoms with Crippen LogP contribution in [0.3, 0.4) is 0 Å². The number of nitriles is 1. The van der Waals surface area contributed by atoms with Gasteiger partial charge in [-0.05, 0) is 24.5 Å². The monoisotopic (exact) mass is 349 g/mol. The van der Waals surface area contributed by atoms with Crippen LogP contribution in [-0.2, 0) is 4.79 Å². The average Bonchev–Trinajstić information content (AvgIpc) is 2.60. The van der Waals surface area contributed by atoms with Gasteiger partial charge in [0, 0.05) is 7.05 Å². The molecule has 1 aromatic carbocycles. The standard InChI is InChI=1S/C18H21F2N3O2/c1-23(11-21)18(25)15(10-12-6-3-2-4-7-12)22-17(24)16-13(19)8-5-9-14(16)20/h5,8-9,12,15H,2-4,6-7,10H2,1H3,(H,22,24). The zero-order chi connectivity index (χ0) is 18.4. The summed E-state index contributed by atoms with van der Waals surface area (Å²) in [5.74, 6) is -3.32. The van der Waals surface area contributed by atoms with E-state index in [4.69, 9.17) is 5.26 Å². The lowest BCUT2D eigenvalue weighted by molar-refractivity contribution is -0.129. The summed E-state index contributed by atoms with van der Waals surface area (Å²) in [7, 11) is 1.30. The van der Waals surface area contributed by atoms with Crippen molar-refractivity contribution in [2.45, 2.75) is 44.6 Å². The average molecular weight is 349 g/mol. The summed E-state index contributed by atoms with van der Waals surface area (Å²) in [6.45, 7) is 0. The Labute approximate surface area is 145 Å². The number of hydrogen-bond donors (Lipinski definition) is 1. The summed E-state index contributed by atoms with van der Waals surface area (Å²) in [6, 6.07) is 2.14. The number of rotatable bonds is 5. The molecule has 0 spiro atoms. The van der Waals surface area contributed by atoms with E-state index in [0.717, 1.165) is 55.2 Å². The molecule has 1 aliphatic rings. The van der Waals surface area contributed by atoms with Crippen LogP contribution >= 0.6 is 0 Å². The van der Waals surface area contributed by atoms with Crippen molar-refractivity contribution in [2.75, 3.05) is 7.05 Å². The Balaban J connectivity index is 2.18. The number of carbonyl (C=O) groups excluding carboxylic acids is 2. The molecule has 0 bridgehead atoms. The second kappa shape index (κ2) is 8.56. The van der Waals surface area contributed by atoms with Crippen molar-refractivity contribution >= 4 is 11.8 Å². The Morgan fingerprint density at radius 2 is 1.88 bits per heavy atom. The number of hydrogen-bond acceptors (Lipinski definition) is 3. The Morgan fingerprint density at radius 3 is 2.44 bits per heavy atom.